The van der Waals surface area contributed by atoms with Gasteiger partial charge in [0, 0.05) is 52.0 Å². The highest BCUT2D eigenvalue weighted by Crippen LogP contribution is 2.39. The zero-order valence-electron chi connectivity index (χ0n) is 40.7. The lowest BCUT2D eigenvalue weighted by atomic mass is 9.81. The van der Waals surface area contributed by atoms with Crippen LogP contribution in [0.1, 0.15) is 119 Å². The fraction of sp³-hybridized carbons (Fsp3) is 0.780. The second kappa shape index (κ2) is 24.2. The van der Waals surface area contributed by atoms with Crippen LogP contribution in [0.4, 0.5) is 4.79 Å². The average molecular weight is 931 g/mol. The Morgan fingerprint density at radius 1 is 0.894 bits per heavy atom. The van der Waals surface area contributed by atoms with Gasteiger partial charge >= 0.3 is 12.1 Å². The van der Waals surface area contributed by atoms with Crippen LogP contribution in [-0.4, -0.2) is 156 Å². The highest BCUT2D eigenvalue weighted by molar-refractivity contribution is 6.39. The lowest BCUT2D eigenvalue weighted by molar-refractivity contribution is -0.302. The summed E-state index contributed by atoms with van der Waals surface area (Å²) < 4.78 is 36.0. The molecule has 16 nitrogen and oxygen atoms in total. The number of Topliss-reactive ketones (excluding diaryl/α,β-unsaturated/α-hetero) is 2. The van der Waals surface area contributed by atoms with Crippen molar-refractivity contribution in [2.24, 2.45) is 29.6 Å². The quantitative estimate of drug-likeness (QED) is 0.154. The number of amides is 2. The number of β-amino-alcohol motifs (C(OH)–C–C–N with tert-alkyl or cyclic N) is 1. The number of carbonyl (C=O) groups excluding carboxylic acids is 5. The largest absolute Gasteiger partial charge is 0.456 e. The lowest BCUT2D eigenvalue weighted by Gasteiger charge is -2.47. The molecule has 4 heterocycles. The lowest BCUT2D eigenvalue weighted by Crippen LogP contribution is -2.64. The number of esters is 1. The maximum Gasteiger partial charge on any atom is 0.410 e. The van der Waals surface area contributed by atoms with E-state index < -0.39 is 102 Å². The molecule has 0 aromatic carbocycles. The van der Waals surface area contributed by atoms with E-state index >= 15 is 0 Å². The highest BCUT2D eigenvalue weighted by atomic mass is 16.7. The maximum atomic E-state index is 14.5. The van der Waals surface area contributed by atoms with Crippen molar-refractivity contribution in [1.29, 1.82) is 0 Å². The van der Waals surface area contributed by atoms with E-state index in [2.05, 4.69) is 0 Å². The summed E-state index contributed by atoms with van der Waals surface area (Å²) in [6, 6.07) is -1.18. The maximum absolute atomic E-state index is 14.5. The predicted octanol–water partition coefficient (Wildman–Crippen LogP) is 5.24. The number of piperidine rings is 1. The van der Waals surface area contributed by atoms with Gasteiger partial charge < -0.3 is 53.5 Å². The van der Waals surface area contributed by atoms with Gasteiger partial charge in [-0.3, -0.25) is 14.4 Å². The van der Waals surface area contributed by atoms with Crippen molar-refractivity contribution in [3.05, 3.63) is 35.5 Å². The van der Waals surface area contributed by atoms with Crippen molar-refractivity contribution in [3.8, 4) is 0 Å². The molecule has 4 aliphatic heterocycles. The van der Waals surface area contributed by atoms with Crippen molar-refractivity contribution < 1.29 is 67.7 Å². The standard InChI is InChI=1S/C50H78N2O14/c1-10-11-12-15-35-21-29(2)20-30(3)22-42(62-8)45-43(63-9)24-32(5)50(60,66-45)46(56)47(57)52-19-14-13-16-37(52)48(58)65-44(33(6)38(54)26-39(35)55)31(4)23-34-17-18-40(41(25-34)61-7)64-49(59)51-27-36(53)28-51/h11-12,21,23,30,32-38,40-45,53-54,60H,10,13-20,22,24-28H2,1-9H3/b12-11+,29-21+,31-23+/t30-,32+,33+,34-,35+,37-,38-,40+,41+,42-,43-,44+,45+,50+/m0/s1. The van der Waals surface area contributed by atoms with E-state index in [9.17, 15) is 39.3 Å². The first-order valence-electron chi connectivity index (χ1n) is 24.2. The normalized spacial score (nSPS) is 38.5. The molecule has 1 aliphatic carbocycles. The third-order valence-corrected chi connectivity index (χ3v) is 14.6. The number of hydrogen-bond donors (Lipinski definition) is 3. The van der Waals surface area contributed by atoms with Crippen LogP contribution in [0.3, 0.4) is 0 Å². The molecule has 66 heavy (non-hydrogen) atoms. The van der Waals surface area contributed by atoms with E-state index in [4.69, 9.17) is 28.4 Å². The molecule has 4 fully saturated rings. The number of aliphatic hydroxyl groups excluding tert-OH is 2. The molecule has 372 valence electrons. The van der Waals surface area contributed by atoms with Crippen molar-refractivity contribution in [2.45, 2.75) is 179 Å². The zero-order chi connectivity index (χ0) is 48.5. The Balaban J connectivity index is 1.50. The number of methoxy groups -OCH3 is 3. The molecule has 2 amide bonds. The third kappa shape index (κ3) is 13.0. The van der Waals surface area contributed by atoms with Crippen LogP contribution in [0.2, 0.25) is 0 Å². The summed E-state index contributed by atoms with van der Waals surface area (Å²) in [5.74, 6) is -7.98. The second-order valence-electron chi connectivity index (χ2n) is 19.8. The number of allylic oxidation sites excluding steroid dienone is 5. The number of fused-ring (bicyclic) bond motifs is 3. The van der Waals surface area contributed by atoms with Crippen molar-refractivity contribution >= 4 is 29.5 Å². The summed E-state index contributed by atoms with van der Waals surface area (Å²) in [6.45, 7) is 11.7. The molecule has 14 atom stereocenters. The summed E-state index contributed by atoms with van der Waals surface area (Å²) >= 11 is 0. The van der Waals surface area contributed by atoms with Crippen molar-refractivity contribution in [1.82, 2.24) is 9.80 Å². The van der Waals surface area contributed by atoms with Gasteiger partial charge in [0.25, 0.3) is 11.7 Å². The Bertz CT molecular complexity index is 1780. The Labute approximate surface area is 391 Å². The molecule has 16 heteroatoms. The SMILES string of the molecule is CC/C=C/C[C@@H]1/C=C(\C)C[C@H](C)C[C@H](OC)[C@H]2O[C@@](O)(C(=O)C(=O)N3CCCC[C@H]3C(=O)O[C@H](/C(C)=C/[C@@H]3CC[C@@H](OC(=O)N4CC(O)C4)[C@H](OC)C3)[C@H](C)[C@@H](O)CC1=O)[C@H](C)C[C@@H]2OC. The van der Waals surface area contributed by atoms with Gasteiger partial charge in [0.1, 0.15) is 30.1 Å². The molecule has 2 bridgehead atoms. The van der Waals surface area contributed by atoms with Crippen molar-refractivity contribution in [2.75, 3.05) is 41.0 Å². The first-order chi connectivity index (χ1) is 31.3. The van der Waals surface area contributed by atoms with Gasteiger partial charge in [-0.15, -0.1) is 0 Å². The predicted molar refractivity (Wildman–Crippen MR) is 244 cm³/mol. The number of likely N-dealkylation sites (tertiary alicyclic amines) is 1. The topological polar surface area (TPSA) is 208 Å². The fourth-order valence-corrected chi connectivity index (χ4v) is 10.6. The third-order valence-electron chi connectivity index (χ3n) is 14.6. The number of aliphatic hydroxyl groups is 3. The van der Waals surface area contributed by atoms with Gasteiger partial charge in [-0.2, -0.15) is 0 Å². The van der Waals surface area contributed by atoms with E-state index in [1.165, 1.54) is 24.0 Å². The van der Waals surface area contributed by atoms with Gasteiger partial charge in [0.15, 0.2) is 0 Å². The average Bonchev–Trinajstić information content (AvgIpc) is 3.28. The Morgan fingerprint density at radius 2 is 1.58 bits per heavy atom. The molecule has 3 N–H and O–H groups in total. The monoisotopic (exact) mass is 931 g/mol. The number of nitrogens with zero attached hydrogens (tertiary/aromatic N) is 2. The molecule has 0 unspecified atom stereocenters. The number of cyclic esters (lactones) is 1. The van der Waals surface area contributed by atoms with E-state index in [1.54, 1.807) is 27.9 Å². The van der Waals surface area contributed by atoms with Crippen LogP contribution < -0.4 is 0 Å². The molecule has 5 aliphatic rings. The first kappa shape index (κ1) is 53.4. The number of ether oxygens (including phenoxy) is 6. The molecular weight excluding hydrogens is 853 g/mol. The molecule has 0 radical (unpaired) electrons. The van der Waals surface area contributed by atoms with E-state index in [-0.39, 0.29) is 56.5 Å². The molecule has 0 aromatic rings. The number of carbonyl (C=O) groups is 5. The summed E-state index contributed by atoms with van der Waals surface area (Å²) in [4.78, 5) is 72.9. The van der Waals surface area contributed by atoms with Crippen molar-refractivity contribution in [3.63, 3.8) is 0 Å². The second-order valence-corrected chi connectivity index (χ2v) is 19.8. The van der Waals surface area contributed by atoms with Crippen LogP contribution in [-0.2, 0) is 47.6 Å². The van der Waals surface area contributed by atoms with Gasteiger partial charge in [0.05, 0.1) is 43.6 Å². The Hall–Kier alpha value is -3.51. The van der Waals surface area contributed by atoms with Crippen LogP contribution in [0.5, 0.6) is 0 Å². The molecule has 3 saturated heterocycles. The smallest absolute Gasteiger partial charge is 0.410 e. The summed E-state index contributed by atoms with van der Waals surface area (Å²) in [7, 11) is 4.61. The van der Waals surface area contributed by atoms with E-state index in [1.807, 2.05) is 45.1 Å². The van der Waals surface area contributed by atoms with Crippen LogP contribution in [0.25, 0.3) is 0 Å². The molecule has 0 spiro atoms. The van der Waals surface area contributed by atoms with Gasteiger partial charge in [0.2, 0.25) is 5.79 Å². The molecule has 1 saturated carbocycles. The highest BCUT2D eigenvalue weighted by Gasteiger charge is 2.56. The van der Waals surface area contributed by atoms with Gasteiger partial charge in [-0.25, -0.2) is 9.59 Å². The van der Waals surface area contributed by atoms with E-state index in [0.717, 1.165) is 12.0 Å². The first-order valence-corrected chi connectivity index (χ1v) is 24.2. The molecule has 5 rings (SSSR count). The zero-order valence-corrected chi connectivity index (χ0v) is 40.7. The number of hydrogen-bond acceptors (Lipinski definition) is 14. The number of rotatable bonds is 9. The van der Waals surface area contributed by atoms with Gasteiger partial charge in [-0.1, -0.05) is 57.6 Å². The summed E-state index contributed by atoms with van der Waals surface area (Å²) in [5.41, 5.74) is 1.58. The van der Waals surface area contributed by atoms with Crippen LogP contribution >= 0.6 is 0 Å². The minimum absolute atomic E-state index is 0.00361. The molecule has 0 aromatic heterocycles. The summed E-state index contributed by atoms with van der Waals surface area (Å²) in [5, 5.41) is 33.7. The van der Waals surface area contributed by atoms with E-state index in [0.29, 0.717) is 56.9 Å². The Kier molecular flexibility index (Phi) is 19.6. The van der Waals surface area contributed by atoms with Crippen LogP contribution in [0.15, 0.2) is 35.5 Å². The molecular formula is C50H78N2O14. The fourth-order valence-electron chi connectivity index (χ4n) is 10.6. The van der Waals surface area contributed by atoms with Crippen LogP contribution in [0, 0.1) is 29.6 Å². The summed E-state index contributed by atoms with van der Waals surface area (Å²) in [6.07, 6.45) is 6.68. The van der Waals surface area contributed by atoms with Gasteiger partial charge in [-0.05, 0) is 102 Å². The minimum atomic E-state index is -2.54. The Morgan fingerprint density at radius 3 is 2.23 bits per heavy atom. The minimum Gasteiger partial charge on any atom is -0.456 e. The number of ketones is 2.